The molecule has 3 rings (SSSR count). The van der Waals surface area contributed by atoms with Gasteiger partial charge in [-0.25, -0.2) is 4.79 Å². The number of carbonyl (C=O) groups excluding carboxylic acids is 3. The molecule has 0 atom stereocenters. The molecule has 0 aliphatic carbocycles. The number of hydrogen-bond acceptors (Lipinski definition) is 6. The van der Waals surface area contributed by atoms with Crippen LogP contribution in [0.25, 0.3) is 0 Å². The van der Waals surface area contributed by atoms with Crippen LogP contribution in [0.1, 0.15) is 11.1 Å². The number of ether oxygens (including phenoxy) is 2. The van der Waals surface area contributed by atoms with Crippen LogP contribution < -0.4 is 16.0 Å². The Hall–Kier alpha value is -3.26. The van der Waals surface area contributed by atoms with Gasteiger partial charge in [0.2, 0.25) is 0 Å². The van der Waals surface area contributed by atoms with E-state index in [0.717, 1.165) is 16.8 Å². The first-order chi connectivity index (χ1) is 13.9. The topological polar surface area (TPSA) is 111 Å². The van der Waals surface area contributed by atoms with E-state index in [1.165, 1.54) is 14.2 Å². The predicted octanol–water partition coefficient (Wildman–Crippen LogP) is 2.34. The van der Waals surface area contributed by atoms with Gasteiger partial charge in [0.25, 0.3) is 0 Å². The fourth-order valence-electron chi connectivity index (χ4n) is 2.73. The van der Waals surface area contributed by atoms with Crippen LogP contribution in [0, 0.1) is 0 Å². The minimum atomic E-state index is -0.284. The maximum Gasteiger partial charge on any atom is 0.321 e. The summed E-state index contributed by atoms with van der Waals surface area (Å²) < 4.78 is 9.12. The van der Waals surface area contributed by atoms with Gasteiger partial charge in [-0.1, -0.05) is 24.3 Å². The second-order valence-corrected chi connectivity index (χ2v) is 6.30. The van der Waals surface area contributed by atoms with Crippen LogP contribution in [-0.4, -0.2) is 45.3 Å². The zero-order chi connectivity index (χ0) is 21.2. The maximum atomic E-state index is 11.5. The number of amides is 2. The molecule has 3 N–H and O–H groups in total. The van der Waals surface area contributed by atoms with Crippen molar-refractivity contribution < 1.29 is 23.9 Å². The Morgan fingerprint density at radius 3 is 2.07 bits per heavy atom. The molecule has 1 heterocycles. The number of esters is 2. The lowest BCUT2D eigenvalue weighted by atomic mass is 10.1. The summed E-state index contributed by atoms with van der Waals surface area (Å²) in [5, 5.41) is 2.73. The zero-order valence-corrected chi connectivity index (χ0v) is 17.7. The number of halogens is 1. The molecule has 0 saturated carbocycles. The molecule has 0 aromatic heterocycles. The highest BCUT2D eigenvalue weighted by Gasteiger charge is 2.21. The average Bonchev–Trinajstić information content (AvgIpc) is 3.14. The Morgan fingerprint density at radius 2 is 1.57 bits per heavy atom. The summed E-state index contributed by atoms with van der Waals surface area (Å²) in [5.74, 6) is -0.534. The van der Waals surface area contributed by atoms with Gasteiger partial charge in [0, 0.05) is 24.5 Å². The van der Waals surface area contributed by atoms with Gasteiger partial charge in [0.1, 0.15) is 0 Å². The summed E-state index contributed by atoms with van der Waals surface area (Å²) in [6.45, 7) is 1.31. The van der Waals surface area contributed by atoms with Crippen molar-refractivity contribution in [1.82, 2.24) is 5.32 Å². The van der Waals surface area contributed by atoms with Gasteiger partial charge < -0.3 is 20.5 Å². The van der Waals surface area contributed by atoms with E-state index in [9.17, 15) is 14.4 Å². The summed E-state index contributed by atoms with van der Waals surface area (Å²) in [7, 11) is 2.73. The lowest BCUT2D eigenvalue weighted by Gasteiger charge is -2.14. The number of rotatable bonds is 5. The normalized spacial score (nSPS) is 12.1. The van der Waals surface area contributed by atoms with Crippen molar-refractivity contribution in [3.63, 3.8) is 0 Å². The van der Waals surface area contributed by atoms with E-state index in [1.807, 2.05) is 36.4 Å². The molecule has 0 spiro atoms. The molecule has 1 aliphatic rings. The number of hydrogen-bond donors (Lipinski definition) is 2. The number of anilines is 2. The predicted molar refractivity (Wildman–Crippen MR) is 117 cm³/mol. The van der Waals surface area contributed by atoms with E-state index in [0.29, 0.717) is 18.8 Å². The minimum absolute atomic E-state index is 0. The van der Waals surface area contributed by atoms with Gasteiger partial charge >= 0.3 is 18.0 Å². The van der Waals surface area contributed by atoms with Crippen LogP contribution in [0.2, 0.25) is 0 Å². The molecule has 0 radical (unpaired) electrons. The molecule has 2 aromatic carbocycles. The smallest absolute Gasteiger partial charge is 0.321 e. The monoisotopic (exact) mass is 435 g/mol. The van der Waals surface area contributed by atoms with Crippen molar-refractivity contribution in [1.29, 1.82) is 0 Å². The number of carbonyl (C=O) groups is 3. The second kappa shape index (κ2) is 12.3. The molecule has 0 bridgehead atoms. The number of nitrogens with two attached hydrogens (primary N) is 1. The molecule has 9 heteroatoms. The van der Waals surface area contributed by atoms with Gasteiger partial charge in [-0.2, -0.15) is 0 Å². The summed E-state index contributed by atoms with van der Waals surface area (Å²) in [5.41, 5.74) is 8.71. The molecule has 1 fully saturated rings. The second-order valence-electron chi connectivity index (χ2n) is 6.30. The molecule has 8 nitrogen and oxygen atoms in total. The maximum absolute atomic E-state index is 11.5. The quantitative estimate of drug-likeness (QED) is 0.550. The van der Waals surface area contributed by atoms with Crippen LogP contribution in [0.15, 0.2) is 48.5 Å². The third-order valence-corrected chi connectivity index (χ3v) is 4.18. The molecule has 1 aliphatic heterocycles. The van der Waals surface area contributed by atoms with Crippen molar-refractivity contribution >= 4 is 41.8 Å². The van der Waals surface area contributed by atoms with Gasteiger partial charge in [0.15, 0.2) is 0 Å². The van der Waals surface area contributed by atoms with E-state index < -0.39 is 0 Å². The average molecular weight is 436 g/mol. The van der Waals surface area contributed by atoms with Crippen molar-refractivity contribution in [3.05, 3.63) is 59.7 Å². The van der Waals surface area contributed by atoms with E-state index in [4.69, 9.17) is 5.73 Å². The van der Waals surface area contributed by atoms with E-state index in [2.05, 4.69) is 14.8 Å². The molecule has 1 saturated heterocycles. The first kappa shape index (κ1) is 24.8. The fraction of sp³-hybridized carbons (Fsp3) is 0.286. The van der Waals surface area contributed by atoms with E-state index in [-0.39, 0.29) is 43.2 Å². The Bertz CT molecular complexity index is 875. The fourth-order valence-corrected chi connectivity index (χ4v) is 2.73. The van der Waals surface area contributed by atoms with E-state index >= 15 is 0 Å². The van der Waals surface area contributed by atoms with Crippen LogP contribution in [0.4, 0.5) is 16.2 Å². The Balaban J connectivity index is 0.000000308. The van der Waals surface area contributed by atoms with Crippen LogP contribution >= 0.6 is 12.4 Å². The van der Waals surface area contributed by atoms with Gasteiger partial charge in [-0.3, -0.25) is 14.5 Å². The molecular weight excluding hydrogens is 410 g/mol. The number of nitrogens with zero attached hydrogens (tertiary/aromatic N) is 1. The van der Waals surface area contributed by atoms with Gasteiger partial charge in [-0.05, 0) is 35.4 Å². The van der Waals surface area contributed by atoms with Gasteiger partial charge in [-0.15, -0.1) is 12.4 Å². The summed E-state index contributed by atoms with van der Waals surface area (Å²) in [6, 6.07) is 14.5. The molecule has 162 valence electrons. The first-order valence-corrected chi connectivity index (χ1v) is 9.05. The molecular formula is C21H26ClN3O5. The van der Waals surface area contributed by atoms with Crippen molar-refractivity contribution in [2.24, 2.45) is 0 Å². The van der Waals surface area contributed by atoms with Crippen molar-refractivity contribution in [2.45, 2.75) is 12.8 Å². The van der Waals surface area contributed by atoms with Gasteiger partial charge in [0.05, 0.1) is 27.1 Å². The first-order valence-electron chi connectivity index (χ1n) is 9.05. The number of benzene rings is 2. The number of methoxy groups -OCH3 is 2. The highest BCUT2D eigenvalue weighted by Crippen LogP contribution is 2.18. The SMILES string of the molecule is COC(=O)Cc1cccc(N)c1.COC(=O)Cc1cccc(N2CCNC2=O)c1.Cl. The Labute approximate surface area is 181 Å². The van der Waals surface area contributed by atoms with Crippen molar-refractivity contribution in [2.75, 3.05) is 37.9 Å². The third-order valence-electron chi connectivity index (χ3n) is 4.18. The minimum Gasteiger partial charge on any atom is -0.469 e. The lowest BCUT2D eigenvalue weighted by Crippen LogP contribution is -2.27. The van der Waals surface area contributed by atoms with Crippen LogP contribution in [0.3, 0.4) is 0 Å². The largest absolute Gasteiger partial charge is 0.469 e. The highest BCUT2D eigenvalue weighted by atomic mass is 35.5. The molecule has 0 unspecified atom stereocenters. The number of nitrogen functional groups attached to an aromatic ring is 1. The van der Waals surface area contributed by atoms with Crippen LogP contribution in [-0.2, 0) is 31.9 Å². The molecule has 2 amide bonds. The van der Waals surface area contributed by atoms with Crippen LogP contribution in [0.5, 0.6) is 0 Å². The number of nitrogens with one attached hydrogen (secondary N) is 1. The Morgan fingerprint density at radius 1 is 1.00 bits per heavy atom. The summed E-state index contributed by atoms with van der Waals surface area (Å²) in [4.78, 5) is 35.1. The number of urea groups is 1. The molecule has 30 heavy (non-hydrogen) atoms. The zero-order valence-electron chi connectivity index (χ0n) is 16.9. The molecule has 2 aromatic rings. The van der Waals surface area contributed by atoms with E-state index in [1.54, 1.807) is 17.0 Å². The third kappa shape index (κ3) is 7.63. The summed E-state index contributed by atoms with van der Waals surface area (Å²) in [6.07, 6.45) is 0.501. The highest BCUT2D eigenvalue weighted by molar-refractivity contribution is 5.94. The summed E-state index contributed by atoms with van der Waals surface area (Å²) >= 11 is 0. The van der Waals surface area contributed by atoms with Crippen molar-refractivity contribution in [3.8, 4) is 0 Å². The standard InChI is InChI=1S/C12H14N2O3.C9H11NO2.ClH/c1-17-11(15)8-9-3-2-4-10(7-9)14-6-5-13-12(14)16;1-12-9(11)6-7-3-2-4-8(10)5-7;/h2-4,7H,5-6,8H2,1H3,(H,13,16);2-5H,6,10H2,1H3;1H. The lowest BCUT2D eigenvalue weighted by molar-refractivity contribution is -0.140. The Kier molecular flexibility index (Phi) is 10.2.